The van der Waals surface area contributed by atoms with Crippen molar-refractivity contribution in [3.05, 3.63) is 53.9 Å². The average molecular weight is 491 g/mol. The van der Waals surface area contributed by atoms with Crippen LogP contribution in [-0.2, 0) is 15.4 Å². The predicted octanol–water partition coefficient (Wildman–Crippen LogP) is 3.56. The van der Waals surface area contributed by atoms with E-state index in [-0.39, 0.29) is 11.9 Å². The summed E-state index contributed by atoms with van der Waals surface area (Å²) in [5.41, 5.74) is 7.50. The Labute approximate surface area is 204 Å². The van der Waals surface area contributed by atoms with Gasteiger partial charge in [0.25, 0.3) is 0 Å². The SMILES string of the molecule is C[C@H]1C[C@@H]2[C@](C)(N=C(N)C(C)(C)S2(=O)=O)c2cc(Nc3nccc4cc(C#N)cnc34)ccc2O1. The molecule has 10 heteroatoms. The minimum atomic E-state index is -3.68. The summed E-state index contributed by atoms with van der Waals surface area (Å²) in [4.78, 5) is 13.6. The first-order chi connectivity index (χ1) is 16.5. The van der Waals surface area contributed by atoms with E-state index in [0.717, 1.165) is 5.39 Å². The number of anilines is 2. The van der Waals surface area contributed by atoms with E-state index in [2.05, 4.69) is 21.4 Å². The highest BCUT2D eigenvalue weighted by atomic mass is 32.2. The number of ether oxygens (including phenoxy) is 1. The van der Waals surface area contributed by atoms with Crippen molar-refractivity contribution >= 4 is 38.1 Å². The zero-order valence-electron chi connectivity index (χ0n) is 19.9. The second-order valence-corrected chi connectivity index (χ2v) is 12.4. The van der Waals surface area contributed by atoms with Gasteiger partial charge in [0.05, 0.1) is 16.9 Å². The monoisotopic (exact) mass is 490 g/mol. The van der Waals surface area contributed by atoms with E-state index < -0.39 is 25.4 Å². The van der Waals surface area contributed by atoms with Gasteiger partial charge in [-0.25, -0.2) is 13.4 Å². The minimum absolute atomic E-state index is 0.0864. The number of nitrogens with zero attached hydrogens (tertiary/aromatic N) is 4. The summed E-state index contributed by atoms with van der Waals surface area (Å²) in [7, 11) is -3.68. The number of aromatic nitrogens is 2. The zero-order chi connectivity index (χ0) is 25.2. The molecule has 0 aliphatic carbocycles. The molecule has 0 spiro atoms. The van der Waals surface area contributed by atoms with Gasteiger partial charge < -0.3 is 15.8 Å². The normalized spacial score (nSPS) is 26.3. The topological polar surface area (TPSA) is 143 Å². The van der Waals surface area contributed by atoms with Gasteiger partial charge in [-0.15, -0.1) is 0 Å². The standard InChI is InChI=1S/C25H26N6O3S/c1-14-9-20-25(4,31-23(27)24(2,3)35(20,32)33)18-11-17(5-6-19(18)34-14)30-22-21-16(7-8-28-22)10-15(12-26)13-29-21/h5-8,10-11,13-14,20H,9H2,1-4H3,(H2,27,31)(H,28,30)/t14-,20+,25+/m0/s1. The Morgan fingerprint density at radius 1 is 1.20 bits per heavy atom. The fourth-order valence-corrected chi connectivity index (χ4v) is 7.23. The number of fused-ring (bicyclic) bond motifs is 4. The third kappa shape index (κ3) is 3.41. The second-order valence-electron chi connectivity index (χ2n) is 9.76. The van der Waals surface area contributed by atoms with Gasteiger partial charge in [0.1, 0.15) is 33.5 Å². The number of amidine groups is 1. The maximum atomic E-state index is 13.7. The van der Waals surface area contributed by atoms with Crippen LogP contribution >= 0.6 is 0 Å². The lowest BCUT2D eigenvalue weighted by Gasteiger charge is -2.43. The van der Waals surface area contributed by atoms with Crippen molar-refractivity contribution < 1.29 is 13.2 Å². The predicted molar refractivity (Wildman–Crippen MR) is 134 cm³/mol. The number of nitrogens with one attached hydrogen (secondary N) is 1. The van der Waals surface area contributed by atoms with Gasteiger partial charge in [0, 0.05) is 35.5 Å². The number of hydrogen-bond donors (Lipinski definition) is 2. The van der Waals surface area contributed by atoms with Crippen molar-refractivity contribution in [1.29, 1.82) is 5.26 Å². The molecule has 0 amide bonds. The molecular formula is C25H26N6O3S. The summed E-state index contributed by atoms with van der Waals surface area (Å²) in [6.07, 6.45) is 3.11. The Morgan fingerprint density at radius 2 is 1.97 bits per heavy atom. The van der Waals surface area contributed by atoms with E-state index in [1.165, 1.54) is 6.20 Å². The van der Waals surface area contributed by atoms with Crippen LogP contribution in [-0.4, -0.2) is 40.3 Å². The lowest BCUT2D eigenvalue weighted by atomic mass is 9.85. The van der Waals surface area contributed by atoms with Crippen molar-refractivity contribution in [2.24, 2.45) is 10.7 Å². The van der Waals surface area contributed by atoms with E-state index in [4.69, 9.17) is 20.7 Å². The van der Waals surface area contributed by atoms with Crippen molar-refractivity contribution in [2.75, 3.05) is 5.32 Å². The fraction of sp³-hybridized carbons (Fsp3) is 0.360. The molecule has 0 fully saturated rings. The van der Waals surface area contributed by atoms with Crippen molar-refractivity contribution in [3.8, 4) is 11.8 Å². The number of rotatable bonds is 2. The molecule has 3 atom stereocenters. The second kappa shape index (κ2) is 7.65. The summed E-state index contributed by atoms with van der Waals surface area (Å²) in [5, 5.41) is 12.4. The molecule has 0 bridgehead atoms. The van der Waals surface area contributed by atoms with Crippen LogP contribution in [0.3, 0.4) is 0 Å². The van der Waals surface area contributed by atoms with Crippen LogP contribution in [0.1, 0.15) is 45.2 Å². The first kappa shape index (κ1) is 23.1. The Hall–Kier alpha value is -3.71. The van der Waals surface area contributed by atoms with Crippen LogP contribution in [0.15, 0.2) is 47.7 Å². The van der Waals surface area contributed by atoms with Gasteiger partial charge in [0.15, 0.2) is 15.7 Å². The molecule has 5 rings (SSSR count). The summed E-state index contributed by atoms with van der Waals surface area (Å²) in [6, 6.07) is 11.1. The molecule has 3 aromatic rings. The third-order valence-electron chi connectivity index (χ3n) is 7.07. The van der Waals surface area contributed by atoms with Gasteiger partial charge in [-0.05, 0) is 58.0 Å². The quantitative estimate of drug-likeness (QED) is 0.555. The Bertz CT molecular complexity index is 1540. The van der Waals surface area contributed by atoms with Crippen molar-refractivity contribution in [3.63, 3.8) is 0 Å². The highest BCUT2D eigenvalue weighted by Crippen LogP contribution is 2.49. The van der Waals surface area contributed by atoms with Crippen LogP contribution in [0.2, 0.25) is 0 Å². The van der Waals surface area contributed by atoms with Crippen molar-refractivity contribution in [2.45, 2.75) is 55.8 Å². The number of sulfone groups is 1. The van der Waals surface area contributed by atoms with E-state index >= 15 is 0 Å². The Balaban J connectivity index is 1.65. The highest BCUT2D eigenvalue weighted by Gasteiger charge is 2.58. The van der Waals surface area contributed by atoms with Crippen LogP contribution < -0.4 is 15.8 Å². The average Bonchev–Trinajstić information content (AvgIpc) is 2.92. The number of nitrogens with two attached hydrogens (primary N) is 1. The molecule has 2 aliphatic heterocycles. The fourth-order valence-electron chi connectivity index (χ4n) is 4.87. The zero-order valence-corrected chi connectivity index (χ0v) is 20.7. The van der Waals surface area contributed by atoms with Crippen LogP contribution in [0, 0.1) is 11.3 Å². The van der Waals surface area contributed by atoms with E-state index in [1.54, 1.807) is 32.2 Å². The summed E-state index contributed by atoms with van der Waals surface area (Å²) >= 11 is 0. The number of aliphatic imine (C=N–C) groups is 1. The lowest BCUT2D eigenvalue weighted by molar-refractivity contribution is 0.213. The summed E-state index contributed by atoms with van der Waals surface area (Å²) in [5.74, 6) is 1.17. The smallest absolute Gasteiger partial charge is 0.168 e. The Kier molecular flexibility index (Phi) is 5.04. The molecule has 35 heavy (non-hydrogen) atoms. The van der Waals surface area contributed by atoms with Gasteiger partial charge in [0.2, 0.25) is 0 Å². The molecule has 2 aromatic heterocycles. The molecule has 0 unspecified atom stereocenters. The first-order valence-corrected chi connectivity index (χ1v) is 12.8. The third-order valence-corrected chi connectivity index (χ3v) is 10.1. The van der Waals surface area contributed by atoms with Gasteiger partial charge in [-0.3, -0.25) is 9.98 Å². The number of hydrogen-bond acceptors (Lipinski definition) is 9. The van der Waals surface area contributed by atoms with Crippen LogP contribution in [0.25, 0.3) is 10.9 Å². The maximum absolute atomic E-state index is 13.7. The molecule has 0 saturated heterocycles. The van der Waals surface area contributed by atoms with Crippen LogP contribution in [0.5, 0.6) is 5.75 Å². The summed E-state index contributed by atoms with van der Waals surface area (Å²) in [6.45, 7) is 6.88. The molecule has 4 heterocycles. The summed E-state index contributed by atoms with van der Waals surface area (Å²) < 4.78 is 32.3. The molecule has 0 radical (unpaired) electrons. The van der Waals surface area contributed by atoms with E-state index in [9.17, 15) is 8.42 Å². The maximum Gasteiger partial charge on any atom is 0.168 e. The molecule has 1 aromatic carbocycles. The molecule has 9 nitrogen and oxygen atoms in total. The van der Waals surface area contributed by atoms with E-state index in [0.29, 0.717) is 40.3 Å². The van der Waals surface area contributed by atoms with Crippen LogP contribution in [0.4, 0.5) is 11.5 Å². The van der Waals surface area contributed by atoms with E-state index in [1.807, 2.05) is 32.0 Å². The number of nitriles is 1. The van der Waals surface area contributed by atoms with Gasteiger partial charge >= 0.3 is 0 Å². The molecule has 2 aliphatic rings. The first-order valence-electron chi connectivity index (χ1n) is 11.3. The largest absolute Gasteiger partial charge is 0.490 e. The number of benzene rings is 1. The molecular weight excluding hydrogens is 464 g/mol. The van der Waals surface area contributed by atoms with Gasteiger partial charge in [-0.2, -0.15) is 5.26 Å². The molecule has 180 valence electrons. The Morgan fingerprint density at radius 3 is 2.71 bits per heavy atom. The minimum Gasteiger partial charge on any atom is -0.490 e. The highest BCUT2D eigenvalue weighted by molar-refractivity contribution is 7.94. The molecule has 3 N–H and O–H groups in total. The van der Waals surface area contributed by atoms with Gasteiger partial charge in [-0.1, -0.05) is 0 Å². The molecule has 0 saturated carbocycles. The lowest BCUT2D eigenvalue weighted by Crippen LogP contribution is -2.60. The number of pyridine rings is 2. The van der Waals surface area contributed by atoms with Crippen molar-refractivity contribution in [1.82, 2.24) is 9.97 Å².